The third-order valence-electron chi connectivity index (χ3n) is 5.00. The molecule has 0 bridgehead atoms. The Kier molecular flexibility index (Phi) is 4.61. The molecule has 0 saturated heterocycles. The number of nitrogens with zero attached hydrogens (tertiary/aromatic N) is 2. The fourth-order valence-electron chi connectivity index (χ4n) is 3.71. The third-order valence-corrected chi connectivity index (χ3v) is 5.00. The maximum absolute atomic E-state index is 12.3. The highest BCUT2D eigenvalue weighted by Crippen LogP contribution is 2.21. The quantitative estimate of drug-likeness (QED) is 0.539. The van der Waals surface area contributed by atoms with Gasteiger partial charge in [-0.25, -0.2) is 0 Å². The monoisotopic (exact) mass is 374 g/mol. The van der Waals surface area contributed by atoms with Gasteiger partial charge in [0.05, 0.1) is 12.8 Å². The number of carbonyl (C=O) groups is 2. The fraction of sp³-hybridized carbons (Fsp3) is 0.182. The van der Waals surface area contributed by atoms with E-state index in [1.54, 1.807) is 0 Å². The Morgan fingerprint density at radius 1 is 0.714 bits per heavy atom. The van der Waals surface area contributed by atoms with E-state index < -0.39 is 0 Å². The van der Waals surface area contributed by atoms with Crippen molar-refractivity contribution in [1.29, 1.82) is 0 Å². The molecule has 142 valence electrons. The lowest BCUT2D eigenvalue weighted by atomic mass is 10.1. The van der Waals surface area contributed by atoms with Crippen LogP contribution in [0.15, 0.2) is 60.9 Å². The molecular weight excluding hydrogens is 352 g/mol. The summed E-state index contributed by atoms with van der Waals surface area (Å²) in [5.41, 5.74) is 9.06. The lowest BCUT2D eigenvalue weighted by molar-refractivity contribution is -0.128. The van der Waals surface area contributed by atoms with E-state index in [1.165, 1.54) is 0 Å². The lowest BCUT2D eigenvalue weighted by Gasteiger charge is -2.07. The molecule has 0 unspecified atom stereocenters. The maximum atomic E-state index is 12.3. The number of hydrazine groups is 1. The minimum Gasteiger partial charge on any atom is -0.350 e. The van der Waals surface area contributed by atoms with Gasteiger partial charge in [-0.3, -0.25) is 20.4 Å². The molecule has 6 heteroatoms. The van der Waals surface area contributed by atoms with Crippen LogP contribution in [-0.4, -0.2) is 20.9 Å². The van der Waals surface area contributed by atoms with Crippen LogP contribution < -0.4 is 10.9 Å². The molecule has 0 aliphatic carbocycles. The van der Waals surface area contributed by atoms with Crippen molar-refractivity contribution in [2.75, 3.05) is 0 Å². The minimum absolute atomic E-state index is 0.204. The molecule has 2 aromatic heterocycles. The smallest absolute Gasteiger partial charge is 0.242 e. The van der Waals surface area contributed by atoms with Gasteiger partial charge in [0.2, 0.25) is 11.8 Å². The molecule has 0 radical (unpaired) electrons. The molecule has 0 spiro atoms. The summed E-state index contributed by atoms with van der Waals surface area (Å²) < 4.78 is 3.99. The first-order valence-electron chi connectivity index (χ1n) is 9.16. The molecule has 4 aromatic rings. The van der Waals surface area contributed by atoms with Crippen molar-refractivity contribution < 1.29 is 9.59 Å². The fourth-order valence-corrected chi connectivity index (χ4v) is 3.71. The number of nitrogens with one attached hydrogen (secondary N) is 2. The van der Waals surface area contributed by atoms with E-state index in [-0.39, 0.29) is 24.7 Å². The van der Waals surface area contributed by atoms with Gasteiger partial charge in [0.15, 0.2) is 0 Å². The van der Waals surface area contributed by atoms with E-state index in [0.29, 0.717) is 0 Å². The van der Waals surface area contributed by atoms with Crippen LogP contribution in [0.1, 0.15) is 11.1 Å². The number of aryl methyl sites for hydroxylation is 2. The number of fused-ring (bicyclic) bond motifs is 2. The first kappa shape index (κ1) is 17.9. The van der Waals surface area contributed by atoms with Crippen LogP contribution in [0.3, 0.4) is 0 Å². The van der Waals surface area contributed by atoms with Crippen molar-refractivity contribution in [1.82, 2.24) is 20.0 Å². The molecule has 0 aliphatic rings. The standard InChI is InChI=1S/C22H22N4O2/c1-25-13-15(17-7-3-5-9-19(17)25)11-21(27)23-24-22(28)12-16-14-26(2)20-10-6-4-8-18(16)20/h3-10,13-14H,11-12H2,1-2H3,(H,23,27)(H,24,28). The second kappa shape index (κ2) is 7.23. The molecular formula is C22H22N4O2. The summed E-state index contributed by atoms with van der Waals surface area (Å²) in [5, 5.41) is 2.09. The Bertz CT molecular complexity index is 1090. The van der Waals surface area contributed by atoms with E-state index in [0.717, 1.165) is 32.9 Å². The van der Waals surface area contributed by atoms with Crippen molar-refractivity contribution in [3.05, 3.63) is 72.1 Å². The summed E-state index contributed by atoms with van der Waals surface area (Å²) in [6, 6.07) is 15.9. The molecule has 0 fully saturated rings. The van der Waals surface area contributed by atoms with E-state index in [4.69, 9.17) is 0 Å². The Morgan fingerprint density at radius 3 is 1.54 bits per heavy atom. The first-order chi connectivity index (χ1) is 13.5. The van der Waals surface area contributed by atoms with Gasteiger partial charge in [0.25, 0.3) is 0 Å². The average Bonchev–Trinajstić information content (AvgIpc) is 3.18. The van der Waals surface area contributed by atoms with Gasteiger partial charge in [0.1, 0.15) is 0 Å². The summed E-state index contributed by atoms with van der Waals surface area (Å²) >= 11 is 0. The topological polar surface area (TPSA) is 68.1 Å². The van der Waals surface area contributed by atoms with E-state index in [1.807, 2.05) is 84.2 Å². The third kappa shape index (κ3) is 3.36. The van der Waals surface area contributed by atoms with Gasteiger partial charge >= 0.3 is 0 Å². The molecule has 28 heavy (non-hydrogen) atoms. The van der Waals surface area contributed by atoms with Crippen LogP contribution in [0, 0.1) is 0 Å². The summed E-state index contributed by atoms with van der Waals surface area (Å²) in [7, 11) is 3.91. The number of amides is 2. The average molecular weight is 374 g/mol. The highest BCUT2D eigenvalue weighted by atomic mass is 16.2. The van der Waals surface area contributed by atoms with Crippen LogP contribution in [-0.2, 0) is 36.5 Å². The van der Waals surface area contributed by atoms with Gasteiger partial charge in [0, 0.05) is 48.3 Å². The summed E-state index contributed by atoms with van der Waals surface area (Å²) in [6.45, 7) is 0. The number of rotatable bonds is 4. The summed E-state index contributed by atoms with van der Waals surface area (Å²) in [6.07, 6.45) is 4.30. The first-order valence-corrected chi connectivity index (χ1v) is 9.16. The van der Waals surface area contributed by atoms with Gasteiger partial charge in [-0.05, 0) is 23.3 Å². The summed E-state index contributed by atoms with van der Waals surface area (Å²) in [5.74, 6) is -0.495. The molecule has 0 atom stereocenters. The van der Waals surface area contributed by atoms with Crippen LogP contribution in [0.25, 0.3) is 21.8 Å². The van der Waals surface area contributed by atoms with Crippen LogP contribution in [0.4, 0.5) is 0 Å². The van der Waals surface area contributed by atoms with Gasteiger partial charge in [-0.15, -0.1) is 0 Å². The van der Waals surface area contributed by atoms with Gasteiger partial charge < -0.3 is 9.13 Å². The summed E-state index contributed by atoms with van der Waals surface area (Å²) in [4.78, 5) is 24.6. The molecule has 2 amide bonds. The zero-order chi connectivity index (χ0) is 19.7. The zero-order valence-electron chi connectivity index (χ0n) is 15.9. The lowest BCUT2D eigenvalue weighted by Crippen LogP contribution is -2.43. The molecule has 6 nitrogen and oxygen atoms in total. The molecule has 2 N–H and O–H groups in total. The predicted octanol–water partition coefficient (Wildman–Crippen LogP) is 2.60. The van der Waals surface area contributed by atoms with Crippen molar-refractivity contribution >= 4 is 33.6 Å². The van der Waals surface area contributed by atoms with Crippen molar-refractivity contribution in [3.8, 4) is 0 Å². The zero-order valence-corrected chi connectivity index (χ0v) is 15.9. The number of carbonyl (C=O) groups excluding carboxylic acids is 2. The van der Waals surface area contributed by atoms with Crippen LogP contribution in [0.5, 0.6) is 0 Å². The van der Waals surface area contributed by atoms with Crippen molar-refractivity contribution in [2.24, 2.45) is 14.1 Å². The SMILES string of the molecule is Cn1cc(CC(=O)NNC(=O)Cc2cn(C)c3ccccc23)c2ccccc21. The molecule has 4 rings (SSSR count). The Hall–Kier alpha value is -3.54. The van der Waals surface area contributed by atoms with Gasteiger partial charge in [-0.1, -0.05) is 36.4 Å². The van der Waals surface area contributed by atoms with Crippen molar-refractivity contribution in [3.63, 3.8) is 0 Å². The van der Waals surface area contributed by atoms with Crippen LogP contribution >= 0.6 is 0 Å². The number of aromatic nitrogens is 2. The van der Waals surface area contributed by atoms with E-state index in [9.17, 15) is 9.59 Å². The largest absolute Gasteiger partial charge is 0.350 e. The number of benzene rings is 2. The molecule has 2 aromatic carbocycles. The number of hydrogen-bond acceptors (Lipinski definition) is 2. The highest BCUT2D eigenvalue weighted by Gasteiger charge is 2.13. The van der Waals surface area contributed by atoms with Crippen LogP contribution in [0.2, 0.25) is 0 Å². The second-order valence-electron chi connectivity index (χ2n) is 7.01. The van der Waals surface area contributed by atoms with Gasteiger partial charge in [-0.2, -0.15) is 0 Å². The predicted molar refractivity (Wildman–Crippen MR) is 110 cm³/mol. The number of hydrogen-bond donors (Lipinski definition) is 2. The Morgan fingerprint density at radius 2 is 1.11 bits per heavy atom. The minimum atomic E-state index is -0.248. The number of para-hydroxylation sites is 2. The van der Waals surface area contributed by atoms with E-state index in [2.05, 4.69) is 10.9 Å². The van der Waals surface area contributed by atoms with Crippen molar-refractivity contribution in [2.45, 2.75) is 12.8 Å². The Labute approximate surface area is 162 Å². The normalized spacial score (nSPS) is 11.1. The molecule has 0 aliphatic heterocycles. The molecule has 2 heterocycles. The Balaban J connectivity index is 1.38. The second-order valence-corrected chi connectivity index (χ2v) is 7.01. The van der Waals surface area contributed by atoms with E-state index >= 15 is 0 Å². The molecule has 0 saturated carbocycles. The maximum Gasteiger partial charge on any atom is 0.242 e. The highest BCUT2D eigenvalue weighted by molar-refractivity contribution is 5.92.